The zero-order valence-electron chi connectivity index (χ0n) is 59.3. The van der Waals surface area contributed by atoms with E-state index in [2.05, 4.69) is 148 Å². The molecule has 11 nitrogen and oxygen atoms in total. The van der Waals surface area contributed by atoms with Crippen LogP contribution in [-0.2, 0) is 23.8 Å². The van der Waals surface area contributed by atoms with Crippen LogP contribution in [0.1, 0.15) is 310 Å². The van der Waals surface area contributed by atoms with Crippen LogP contribution in [0.4, 0.5) is 0 Å². The number of aliphatic hydroxyl groups is 5. The molecule has 6 N–H and O–H groups in total. The summed E-state index contributed by atoms with van der Waals surface area (Å²) >= 11 is 0. The Morgan fingerprint density at radius 3 is 1.16 bits per heavy atom. The van der Waals surface area contributed by atoms with Crippen LogP contribution in [0, 0.1) is 0 Å². The Hall–Kier alpha value is -4.20. The van der Waals surface area contributed by atoms with Crippen molar-refractivity contribution in [1.29, 1.82) is 0 Å². The number of carbonyl (C=O) groups is 2. The van der Waals surface area contributed by atoms with Gasteiger partial charge in [0.05, 0.1) is 25.4 Å². The zero-order chi connectivity index (χ0) is 67.4. The molecule has 0 bridgehead atoms. The number of rotatable bonds is 64. The maximum absolute atomic E-state index is 13.5. The molecule has 0 aromatic carbocycles. The van der Waals surface area contributed by atoms with Gasteiger partial charge >= 0.3 is 5.97 Å². The highest BCUT2D eigenvalue weighted by Gasteiger charge is 2.47. The van der Waals surface area contributed by atoms with Crippen molar-refractivity contribution in [2.24, 2.45) is 0 Å². The molecule has 0 aromatic rings. The number of allylic oxidation sites excluding steroid dienone is 21. The largest absolute Gasteiger partial charge is 0.454 e. The first-order valence-corrected chi connectivity index (χ1v) is 38.0. The molecule has 8 atom stereocenters. The summed E-state index contributed by atoms with van der Waals surface area (Å²) in [5.41, 5.74) is 0. The van der Waals surface area contributed by atoms with Gasteiger partial charge in [0.2, 0.25) is 5.91 Å². The minimum atomic E-state index is -1.63. The number of carbonyl (C=O) groups excluding carboxylic acids is 2. The lowest BCUT2D eigenvalue weighted by atomic mass is 9.99. The summed E-state index contributed by atoms with van der Waals surface area (Å²) in [4.78, 5) is 26.8. The van der Waals surface area contributed by atoms with Crippen LogP contribution in [-0.4, -0.2) is 99.6 Å². The summed E-state index contributed by atoms with van der Waals surface area (Å²) in [6.07, 6.45) is 86.2. The van der Waals surface area contributed by atoms with Crippen molar-refractivity contribution in [3.63, 3.8) is 0 Å². The number of hydrogen-bond donors (Lipinski definition) is 6. The predicted octanol–water partition coefficient (Wildman–Crippen LogP) is 20.3. The Labute approximate surface area is 569 Å². The van der Waals surface area contributed by atoms with Crippen molar-refractivity contribution < 1.29 is 49.3 Å². The molecule has 11 heteroatoms. The second-order valence-electron chi connectivity index (χ2n) is 25.6. The minimum absolute atomic E-state index is 0.112. The summed E-state index contributed by atoms with van der Waals surface area (Å²) in [5.74, 6) is -1.21. The number of amides is 1. The molecule has 532 valence electrons. The van der Waals surface area contributed by atoms with E-state index in [0.29, 0.717) is 12.8 Å². The average molecular weight is 1300 g/mol. The number of nitrogens with one attached hydrogen (secondary N) is 1. The lowest BCUT2D eigenvalue weighted by Crippen LogP contribution is -2.61. The molecule has 0 spiro atoms. The molecule has 0 aliphatic carbocycles. The number of hydrogen-bond acceptors (Lipinski definition) is 10. The molecule has 1 saturated heterocycles. The van der Waals surface area contributed by atoms with Crippen LogP contribution >= 0.6 is 0 Å². The molecule has 0 aromatic heterocycles. The third kappa shape index (κ3) is 54.6. The van der Waals surface area contributed by atoms with E-state index >= 15 is 0 Å². The molecular weight excluding hydrogens is 1160 g/mol. The molecule has 1 heterocycles. The number of esters is 1. The molecule has 0 saturated carbocycles. The van der Waals surface area contributed by atoms with Crippen molar-refractivity contribution in [3.8, 4) is 0 Å². The van der Waals surface area contributed by atoms with Gasteiger partial charge in [0.1, 0.15) is 24.4 Å². The van der Waals surface area contributed by atoms with E-state index in [1.165, 1.54) is 116 Å². The first-order chi connectivity index (χ1) is 45.7. The number of unbranched alkanes of at least 4 members (excludes halogenated alkanes) is 30. The molecular formula is C82H139NO10. The van der Waals surface area contributed by atoms with Crippen LogP contribution < -0.4 is 5.32 Å². The summed E-state index contributed by atoms with van der Waals surface area (Å²) in [6, 6.07) is -1.04. The molecule has 0 radical (unpaired) electrons. The van der Waals surface area contributed by atoms with Gasteiger partial charge < -0.3 is 45.1 Å². The van der Waals surface area contributed by atoms with Gasteiger partial charge in [-0.3, -0.25) is 9.59 Å². The Bertz CT molecular complexity index is 2030. The normalized spacial score (nSPS) is 18.6. The fourth-order valence-corrected chi connectivity index (χ4v) is 11.2. The van der Waals surface area contributed by atoms with Crippen molar-refractivity contribution in [2.75, 3.05) is 13.2 Å². The second-order valence-corrected chi connectivity index (χ2v) is 25.6. The minimum Gasteiger partial charge on any atom is -0.454 e. The summed E-state index contributed by atoms with van der Waals surface area (Å²) in [7, 11) is 0. The van der Waals surface area contributed by atoms with E-state index in [1.807, 2.05) is 6.08 Å². The van der Waals surface area contributed by atoms with E-state index in [1.54, 1.807) is 6.08 Å². The van der Waals surface area contributed by atoms with Crippen LogP contribution in [0.2, 0.25) is 0 Å². The smallest absolute Gasteiger partial charge is 0.306 e. The molecule has 1 aliphatic heterocycles. The van der Waals surface area contributed by atoms with Gasteiger partial charge in [-0.25, -0.2) is 0 Å². The highest BCUT2D eigenvalue weighted by Crippen LogP contribution is 2.26. The van der Waals surface area contributed by atoms with E-state index < -0.39 is 67.4 Å². The van der Waals surface area contributed by atoms with Gasteiger partial charge in [-0.1, -0.05) is 321 Å². The molecule has 1 rings (SSSR count). The lowest BCUT2D eigenvalue weighted by molar-refractivity contribution is -0.305. The van der Waals surface area contributed by atoms with E-state index in [9.17, 15) is 35.1 Å². The summed E-state index contributed by atoms with van der Waals surface area (Å²) in [6.45, 7) is 5.59. The van der Waals surface area contributed by atoms with Crippen molar-refractivity contribution in [3.05, 3.63) is 134 Å². The summed E-state index contributed by atoms with van der Waals surface area (Å²) in [5, 5.41) is 57.4. The average Bonchev–Trinajstić information content (AvgIpc) is 0.844. The summed E-state index contributed by atoms with van der Waals surface area (Å²) < 4.78 is 17.7. The van der Waals surface area contributed by atoms with Gasteiger partial charge in [0, 0.05) is 6.42 Å². The topological polar surface area (TPSA) is 175 Å². The first kappa shape index (κ1) is 86.8. The van der Waals surface area contributed by atoms with E-state index in [0.717, 1.165) is 148 Å². The third-order valence-electron chi connectivity index (χ3n) is 17.0. The second kappa shape index (κ2) is 67.8. The fraction of sp³-hybridized carbons (Fsp3) is 0.707. The van der Waals surface area contributed by atoms with Gasteiger partial charge in [0.15, 0.2) is 12.4 Å². The van der Waals surface area contributed by atoms with Crippen molar-refractivity contribution >= 4 is 11.9 Å². The molecule has 1 amide bonds. The van der Waals surface area contributed by atoms with Crippen molar-refractivity contribution in [1.82, 2.24) is 5.32 Å². The monoisotopic (exact) mass is 1300 g/mol. The van der Waals surface area contributed by atoms with Crippen LogP contribution in [0.5, 0.6) is 0 Å². The van der Waals surface area contributed by atoms with Gasteiger partial charge in [-0.05, 0) is 116 Å². The molecule has 8 unspecified atom stereocenters. The van der Waals surface area contributed by atoms with E-state index in [4.69, 9.17) is 14.2 Å². The Morgan fingerprint density at radius 1 is 0.430 bits per heavy atom. The highest BCUT2D eigenvalue weighted by atomic mass is 16.7. The standard InChI is InChI=1S/C82H139NO10/c1-4-7-10-13-16-19-22-25-27-29-31-33-35-37-38-39-41-43-45-47-49-52-55-58-61-64-67-70-77(87)93-80-79(89)78(88)76(71-84)92-82(80)91-72-73(74(85)68-65-62-59-56-53-50-24-21-18-15-12-9-6-3)83-81(90)75(86)69-66-63-60-57-54-51-48-46-44-42-40-36-34-32-30-28-26-23-20-17-14-11-8-5-2/h7-8,10-11,16-17,19-20,25-28,31-34,37-38,40,42,65,68,73-76,78-80,82,84-86,88-89H,4-6,9,12-15,18,21-24,29-30,35-36,39,41,43-64,66-67,69-72H2,1-3H3,(H,83,90)/b10-7-,11-8-,19-16-,20-17-,27-25-,28-26-,33-31-,34-32-,38-37-,42-40-,68-65+. The highest BCUT2D eigenvalue weighted by molar-refractivity contribution is 5.80. The maximum Gasteiger partial charge on any atom is 0.306 e. The Balaban J connectivity index is 2.56. The van der Waals surface area contributed by atoms with Crippen LogP contribution in [0.25, 0.3) is 0 Å². The van der Waals surface area contributed by atoms with Crippen molar-refractivity contribution in [2.45, 2.75) is 359 Å². The maximum atomic E-state index is 13.5. The molecule has 1 fully saturated rings. The fourth-order valence-electron chi connectivity index (χ4n) is 11.2. The SMILES string of the molecule is CC/C=C\C/C=C\C/C=C\C/C=C\C/C=C\CCCCCCCCCCCCCC(=O)OC1C(OCC(NC(=O)C(O)CCCCCCCCCC/C=C\C/C=C\C/C=C\C/C=C\C/C=C\CC)C(O)/C=C/CCCCCCCCCCCCC)OC(CO)C(O)C1O. The third-order valence-corrected chi connectivity index (χ3v) is 17.0. The molecule has 93 heavy (non-hydrogen) atoms. The Morgan fingerprint density at radius 2 is 0.774 bits per heavy atom. The zero-order valence-corrected chi connectivity index (χ0v) is 59.3. The van der Waals surface area contributed by atoms with Gasteiger partial charge in [0.25, 0.3) is 0 Å². The number of aliphatic hydroxyl groups excluding tert-OH is 5. The Kier molecular flexibility index (Phi) is 63.3. The lowest BCUT2D eigenvalue weighted by Gasteiger charge is -2.41. The van der Waals surface area contributed by atoms with Gasteiger partial charge in [-0.2, -0.15) is 0 Å². The van der Waals surface area contributed by atoms with Crippen LogP contribution in [0.3, 0.4) is 0 Å². The van der Waals surface area contributed by atoms with E-state index in [-0.39, 0.29) is 19.4 Å². The first-order valence-electron chi connectivity index (χ1n) is 38.0. The van der Waals surface area contributed by atoms with Gasteiger partial charge in [-0.15, -0.1) is 0 Å². The predicted molar refractivity (Wildman–Crippen MR) is 393 cm³/mol. The number of ether oxygens (including phenoxy) is 3. The van der Waals surface area contributed by atoms with Crippen LogP contribution in [0.15, 0.2) is 134 Å². The molecule has 1 aliphatic rings. The quantitative estimate of drug-likeness (QED) is 0.0195.